The molecule has 0 atom stereocenters. The van der Waals surface area contributed by atoms with Gasteiger partial charge in [0.15, 0.2) is 5.11 Å². The molecule has 0 aliphatic carbocycles. The van der Waals surface area contributed by atoms with E-state index in [1.807, 2.05) is 6.07 Å². The molecule has 0 aromatic heterocycles. The van der Waals surface area contributed by atoms with Crippen LogP contribution in [-0.4, -0.2) is 22.0 Å². The maximum absolute atomic E-state index is 12.8. The van der Waals surface area contributed by atoms with Gasteiger partial charge in [-0.25, -0.2) is 0 Å². The van der Waals surface area contributed by atoms with Crippen molar-refractivity contribution >= 4 is 40.9 Å². The van der Waals surface area contributed by atoms with Crippen LogP contribution < -0.4 is 10.2 Å². The number of hydrogen-bond donors (Lipinski definition) is 2. The summed E-state index contributed by atoms with van der Waals surface area (Å²) in [4.78, 5) is 26.4. The molecule has 2 aromatic rings. The molecule has 0 saturated carbocycles. The molecule has 3 rings (SSSR count). The molecule has 2 aromatic carbocycles. The molecule has 1 aliphatic heterocycles. The topological polar surface area (TPSA) is 69.6 Å². The van der Waals surface area contributed by atoms with Crippen LogP contribution in [0.1, 0.15) is 16.7 Å². The van der Waals surface area contributed by atoms with E-state index in [1.54, 1.807) is 50.2 Å². The van der Waals surface area contributed by atoms with Crippen LogP contribution in [0.3, 0.4) is 0 Å². The first-order chi connectivity index (χ1) is 11.9. The average Bonchev–Trinajstić information content (AvgIpc) is 2.57. The van der Waals surface area contributed by atoms with Crippen molar-refractivity contribution in [3.63, 3.8) is 0 Å². The molecule has 2 amide bonds. The van der Waals surface area contributed by atoms with E-state index in [9.17, 15) is 14.7 Å². The fraction of sp³-hybridized carbons (Fsp3) is 0.105. The Morgan fingerprint density at radius 2 is 1.68 bits per heavy atom. The monoisotopic (exact) mass is 352 g/mol. The summed E-state index contributed by atoms with van der Waals surface area (Å²) in [5.41, 5.74) is 2.58. The second-order valence-electron chi connectivity index (χ2n) is 5.80. The summed E-state index contributed by atoms with van der Waals surface area (Å²) >= 11 is 5.15. The van der Waals surface area contributed by atoms with Gasteiger partial charge >= 0.3 is 0 Å². The fourth-order valence-electron chi connectivity index (χ4n) is 2.71. The second kappa shape index (κ2) is 6.49. The Balaban J connectivity index is 2.05. The lowest BCUT2D eigenvalue weighted by Crippen LogP contribution is -2.54. The second-order valence-corrected chi connectivity index (χ2v) is 6.18. The minimum atomic E-state index is -0.537. The Bertz CT molecular complexity index is 897. The van der Waals surface area contributed by atoms with Crippen molar-refractivity contribution < 1.29 is 14.7 Å². The fourth-order valence-corrected chi connectivity index (χ4v) is 2.99. The first kappa shape index (κ1) is 16.9. The van der Waals surface area contributed by atoms with Gasteiger partial charge in [-0.1, -0.05) is 18.2 Å². The van der Waals surface area contributed by atoms with Crippen molar-refractivity contribution in [1.29, 1.82) is 0 Å². The highest BCUT2D eigenvalue weighted by Gasteiger charge is 2.34. The number of rotatable bonds is 2. The number of amides is 2. The maximum atomic E-state index is 12.8. The summed E-state index contributed by atoms with van der Waals surface area (Å²) in [6.07, 6.45) is 1.51. The van der Waals surface area contributed by atoms with Gasteiger partial charge in [0.05, 0.1) is 5.69 Å². The molecule has 1 heterocycles. The van der Waals surface area contributed by atoms with Gasteiger partial charge in [0, 0.05) is 0 Å². The van der Waals surface area contributed by atoms with E-state index in [-0.39, 0.29) is 16.4 Å². The number of nitrogens with zero attached hydrogens (tertiary/aromatic N) is 1. The average molecular weight is 352 g/mol. The van der Waals surface area contributed by atoms with Gasteiger partial charge in [-0.05, 0) is 73.1 Å². The SMILES string of the molecule is Cc1cc(/C=C2\C(=O)NC(=S)N(c3ccccc3)C2=O)cc(C)c1O. The van der Waals surface area contributed by atoms with E-state index in [0.717, 1.165) is 0 Å². The molecule has 126 valence electrons. The summed E-state index contributed by atoms with van der Waals surface area (Å²) in [5.74, 6) is -0.817. The molecule has 1 saturated heterocycles. The van der Waals surface area contributed by atoms with Gasteiger partial charge < -0.3 is 5.11 Å². The minimum absolute atomic E-state index is 0.0121. The summed E-state index contributed by atoms with van der Waals surface area (Å²) < 4.78 is 0. The molecule has 1 aliphatic rings. The molecule has 0 unspecified atom stereocenters. The predicted octanol–water partition coefficient (Wildman–Crippen LogP) is 2.84. The Morgan fingerprint density at radius 3 is 2.28 bits per heavy atom. The van der Waals surface area contributed by atoms with E-state index in [2.05, 4.69) is 5.32 Å². The highest BCUT2D eigenvalue weighted by atomic mass is 32.1. The molecule has 0 radical (unpaired) electrons. The number of carbonyl (C=O) groups is 2. The van der Waals surface area contributed by atoms with Crippen molar-refractivity contribution in [3.05, 3.63) is 64.7 Å². The lowest BCUT2D eigenvalue weighted by atomic mass is 10.0. The van der Waals surface area contributed by atoms with Gasteiger partial charge in [0.1, 0.15) is 11.3 Å². The third-order valence-electron chi connectivity index (χ3n) is 3.94. The number of phenolic OH excluding ortho intramolecular Hbond substituents is 1. The normalized spacial score (nSPS) is 16.3. The molecule has 1 fully saturated rings. The number of para-hydroxylation sites is 1. The van der Waals surface area contributed by atoms with Gasteiger partial charge in [-0.2, -0.15) is 0 Å². The van der Waals surface area contributed by atoms with E-state index >= 15 is 0 Å². The zero-order valence-electron chi connectivity index (χ0n) is 13.7. The number of aryl methyl sites for hydroxylation is 2. The molecule has 0 spiro atoms. The number of nitrogens with one attached hydrogen (secondary N) is 1. The highest BCUT2D eigenvalue weighted by Crippen LogP contribution is 2.26. The van der Waals surface area contributed by atoms with Gasteiger partial charge in [-0.3, -0.25) is 19.8 Å². The smallest absolute Gasteiger partial charge is 0.270 e. The highest BCUT2D eigenvalue weighted by molar-refractivity contribution is 7.80. The van der Waals surface area contributed by atoms with Crippen LogP contribution >= 0.6 is 12.2 Å². The van der Waals surface area contributed by atoms with Crippen LogP contribution in [0.4, 0.5) is 5.69 Å². The number of thiocarbonyl (C=S) groups is 1. The molecule has 25 heavy (non-hydrogen) atoms. The van der Waals surface area contributed by atoms with Crippen molar-refractivity contribution in [2.45, 2.75) is 13.8 Å². The van der Waals surface area contributed by atoms with E-state index in [0.29, 0.717) is 22.4 Å². The lowest BCUT2D eigenvalue weighted by Gasteiger charge is -2.28. The number of aromatic hydroxyl groups is 1. The summed E-state index contributed by atoms with van der Waals surface area (Å²) in [6.45, 7) is 3.52. The van der Waals surface area contributed by atoms with Gasteiger partial charge in [-0.15, -0.1) is 0 Å². The maximum Gasteiger partial charge on any atom is 0.270 e. The molecular weight excluding hydrogens is 336 g/mol. The summed E-state index contributed by atoms with van der Waals surface area (Å²) in [6, 6.07) is 12.3. The molecule has 6 heteroatoms. The Hall–Kier alpha value is -2.99. The largest absolute Gasteiger partial charge is 0.507 e. The quantitative estimate of drug-likeness (QED) is 0.495. The van der Waals surface area contributed by atoms with Crippen LogP contribution in [0.15, 0.2) is 48.0 Å². The van der Waals surface area contributed by atoms with E-state index in [4.69, 9.17) is 12.2 Å². The Labute approximate surface area is 150 Å². The first-order valence-corrected chi connectivity index (χ1v) is 8.06. The van der Waals surface area contributed by atoms with E-state index in [1.165, 1.54) is 11.0 Å². The van der Waals surface area contributed by atoms with Crippen LogP contribution in [0.5, 0.6) is 5.75 Å². The molecule has 2 N–H and O–H groups in total. The zero-order valence-corrected chi connectivity index (χ0v) is 14.6. The Morgan fingerprint density at radius 1 is 1.08 bits per heavy atom. The van der Waals surface area contributed by atoms with Crippen molar-refractivity contribution in [2.75, 3.05) is 4.90 Å². The first-order valence-electron chi connectivity index (χ1n) is 7.65. The van der Waals surface area contributed by atoms with Crippen molar-refractivity contribution in [2.24, 2.45) is 0 Å². The van der Waals surface area contributed by atoms with Crippen LogP contribution in [-0.2, 0) is 9.59 Å². The molecular formula is C19H16N2O3S. The Kier molecular flexibility index (Phi) is 4.37. The number of anilines is 1. The van der Waals surface area contributed by atoms with Gasteiger partial charge in [0.25, 0.3) is 11.8 Å². The van der Waals surface area contributed by atoms with Crippen LogP contribution in [0.25, 0.3) is 6.08 Å². The lowest BCUT2D eigenvalue weighted by molar-refractivity contribution is -0.122. The van der Waals surface area contributed by atoms with Crippen molar-refractivity contribution in [1.82, 2.24) is 5.32 Å². The van der Waals surface area contributed by atoms with Crippen LogP contribution in [0.2, 0.25) is 0 Å². The standard InChI is InChI=1S/C19H16N2O3S/c1-11-8-13(9-12(2)16(11)22)10-15-17(23)20-19(25)21(18(15)24)14-6-4-3-5-7-14/h3-10,22H,1-2H3,(H,20,23,25)/b15-10+. The third kappa shape index (κ3) is 3.16. The molecule has 0 bridgehead atoms. The summed E-state index contributed by atoms with van der Waals surface area (Å²) in [7, 11) is 0. The number of carbonyl (C=O) groups excluding carboxylic acids is 2. The number of phenols is 1. The van der Waals surface area contributed by atoms with E-state index < -0.39 is 11.8 Å². The predicted molar refractivity (Wildman–Crippen MR) is 100 cm³/mol. The third-order valence-corrected chi connectivity index (χ3v) is 4.23. The molecule has 5 nitrogen and oxygen atoms in total. The number of hydrogen-bond acceptors (Lipinski definition) is 4. The minimum Gasteiger partial charge on any atom is -0.507 e. The van der Waals surface area contributed by atoms with Crippen molar-refractivity contribution in [3.8, 4) is 5.75 Å². The summed E-state index contributed by atoms with van der Waals surface area (Å²) in [5, 5.41) is 12.5. The zero-order chi connectivity index (χ0) is 18.1. The van der Waals surface area contributed by atoms with Gasteiger partial charge in [0.2, 0.25) is 0 Å². The van der Waals surface area contributed by atoms with Crippen LogP contribution in [0, 0.1) is 13.8 Å². The number of benzene rings is 2.